The van der Waals surface area contributed by atoms with Crippen molar-refractivity contribution in [1.82, 2.24) is 5.43 Å². The van der Waals surface area contributed by atoms with Crippen LogP contribution in [0.15, 0.2) is 33.7 Å². The Bertz CT molecular complexity index is 444. The summed E-state index contributed by atoms with van der Waals surface area (Å²) in [5.74, 6) is -0.789. The van der Waals surface area contributed by atoms with Crippen LogP contribution in [-0.2, 0) is 14.4 Å². The van der Waals surface area contributed by atoms with Crippen molar-refractivity contribution in [2.45, 2.75) is 20.1 Å². The number of allylic oxidation sites excluding steroid dienone is 3. The van der Waals surface area contributed by atoms with Gasteiger partial charge >= 0.3 is 5.97 Å². The minimum absolute atomic E-state index is 0.383. The Labute approximate surface area is 118 Å². The van der Waals surface area contributed by atoms with Crippen molar-refractivity contribution in [3.05, 3.63) is 23.6 Å². The summed E-state index contributed by atoms with van der Waals surface area (Å²) < 4.78 is 5.35. The topological polar surface area (TPSA) is 119 Å². The molecule has 9 heteroatoms. The van der Waals surface area contributed by atoms with E-state index in [1.807, 2.05) is 0 Å². The fourth-order valence-electron chi connectivity index (χ4n) is 0.961. The zero-order valence-corrected chi connectivity index (χ0v) is 11.5. The molecule has 108 valence electrons. The van der Waals surface area contributed by atoms with Gasteiger partial charge in [-0.3, -0.25) is 21.0 Å². The number of nitrogens with zero attached hydrogens (tertiary/aromatic N) is 2. The smallest absolute Gasteiger partial charge is 0.377 e. The highest BCUT2D eigenvalue weighted by molar-refractivity contribution is 6.77. The van der Waals surface area contributed by atoms with Gasteiger partial charge in [-0.2, -0.15) is 10.4 Å². The Morgan fingerprint density at radius 3 is 2.70 bits per heavy atom. The van der Waals surface area contributed by atoms with Crippen LogP contribution in [0.5, 0.6) is 0 Å². The molecule has 0 aromatic heterocycles. The molecule has 8 nitrogen and oxygen atoms in total. The molecule has 0 aliphatic rings. The summed E-state index contributed by atoms with van der Waals surface area (Å²) in [5.41, 5.74) is 7.92. The third-order valence-corrected chi connectivity index (χ3v) is 1.80. The van der Waals surface area contributed by atoms with E-state index in [-0.39, 0.29) is 0 Å². The first kappa shape index (κ1) is 17.9. The Hall–Kier alpha value is -2.13. The molecule has 0 saturated heterocycles. The summed E-state index contributed by atoms with van der Waals surface area (Å²) in [7, 11) is 6.85. The fourth-order valence-corrected chi connectivity index (χ4v) is 0.961. The van der Waals surface area contributed by atoms with Crippen LogP contribution in [0.2, 0.25) is 0 Å². The Morgan fingerprint density at radius 1 is 1.55 bits per heavy atom. The van der Waals surface area contributed by atoms with E-state index < -0.39 is 17.8 Å². The van der Waals surface area contributed by atoms with Crippen molar-refractivity contribution in [3.63, 3.8) is 0 Å². The summed E-state index contributed by atoms with van der Waals surface area (Å²) in [5, 5.41) is 11.6. The van der Waals surface area contributed by atoms with Gasteiger partial charge in [-0.05, 0) is 26.0 Å². The number of carbonyl (C=O) groups is 1. The number of nitrogens with one attached hydrogen (secondary N) is 1. The lowest BCUT2D eigenvalue weighted by molar-refractivity contribution is -0.225. The molecule has 0 aliphatic heterocycles. The standard InChI is InChI=1S/C11H17BN4O4/c1-7(15-16-10(12)11(17)20-18)9(19-8(2)13)5-4-6-14-3/h4-6,8,15,18H,13H2,1-3H3/b5-4-,9-7-,14-6?,16-10-. The van der Waals surface area contributed by atoms with Crippen LogP contribution in [0.1, 0.15) is 13.8 Å². The number of hydrogen-bond acceptors (Lipinski definition) is 8. The summed E-state index contributed by atoms with van der Waals surface area (Å²) >= 11 is 0. The zero-order chi connectivity index (χ0) is 15.5. The molecule has 0 aliphatic carbocycles. The van der Waals surface area contributed by atoms with Crippen molar-refractivity contribution in [2.24, 2.45) is 15.8 Å². The molecule has 0 amide bonds. The lowest BCUT2D eigenvalue weighted by Gasteiger charge is -2.13. The van der Waals surface area contributed by atoms with Gasteiger partial charge in [0.2, 0.25) is 0 Å². The highest BCUT2D eigenvalue weighted by atomic mass is 17.1. The second-order valence-corrected chi connectivity index (χ2v) is 3.57. The molecule has 0 spiro atoms. The monoisotopic (exact) mass is 280 g/mol. The van der Waals surface area contributed by atoms with Gasteiger partial charge in [0, 0.05) is 13.3 Å². The average Bonchev–Trinajstić information content (AvgIpc) is 2.42. The SMILES string of the molecule is [B]/C(=N\N/C(C)=C(/C=C\C=NC)OC(C)N)C(=O)OO. The molecule has 4 N–H and O–H groups in total. The average molecular weight is 280 g/mol. The molecular formula is C11H17BN4O4. The van der Waals surface area contributed by atoms with Crippen molar-refractivity contribution >= 4 is 25.6 Å². The Kier molecular flexibility index (Phi) is 8.72. The van der Waals surface area contributed by atoms with Crippen LogP contribution < -0.4 is 11.2 Å². The van der Waals surface area contributed by atoms with Gasteiger partial charge in [0.25, 0.3) is 0 Å². The van der Waals surface area contributed by atoms with Crippen LogP contribution in [0.25, 0.3) is 0 Å². The largest absolute Gasteiger partial charge is 0.474 e. The maximum Gasteiger partial charge on any atom is 0.377 e. The van der Waals surface area contributed by atoms with Crippen molar-refractivity contribution in [3.8, 4) is 0 Å². The quantitative estimate of drug-likeness (QED) is 0.114. The summed E-state index contributed by atoms with van der Waals surface area (Å²) in [4.78, 5) is 18.0. The maximum atomic E-state index is 10.8. The van der Waals surface area contributed by atoms with Gasteiger partial charge in [-0.1, -0.05) is 0 Å². The van der Waals surface area contributed by atoms with E-state index >= 15 is 0 Å². The molecule has 2 radical (unpaired) electrons. The number of rotatable bonds is 7. The van der Waals surface area contributed by atoms with Crippen LogP contribution in [-0.4, -0.2) is 44.2 Å². The number of nitrogens with two attached hydrogens (primary N) is 1. The molecule has 1 atom stereocenters. The maximum absolute atomic E-state index is 10.8. The van der Waals surface area contributed by atoms with E-state index in [0.717, 1.165) is 0 Å². The first-order valence-electron chi connectivity index (χ1n) is 5.59. The molecular weight excluding hydrogens is 263 g/mol. The summed E-state index contributed by atoms with van der Waals surface area (Å²) in [6.07, 6.45) is 4.25. The predicted molar refractivity (Wildman–Crippen MR) is 76.0 cm³/mol. The van der Waals surface area contributed by atoms with E-state index in [2.05, 4.69) is 20.4 Å². The van der Waals surface area contributed by atoms with E-state index in [4.69, 9.17) is 23.6 Å². The van der Waals surface area contributed by atoms with E-state index in [1.165, 1.54) is 0 Å². The lowest BCUT2D eigenvalue weighted by atomic mass is 10.0. The molecule has 0 rings (SSSR count). The first-order chi connectivity index (χ1) is 9.42. The third-order valence-electron chi connectivity index (χ3n) is 1.80. The summed E-state index contributed by atoms with van der Waals surface area (Å²) in [6.45, 7) is 3.28. The molecule has 0 saturated carbocycles. The number of carbonyl (C=O) groups excluding carboxylic acids is 1. The van der Waals surface area contributed by atoms with Gasteiger partial charge in [0.15, 0.2) is 7.85 Å². The highest BCUT2D eigenvalue weighted by Crippen LogP contribution is 2.07. The van der Waals surface area contributed by atoms with Crippen molar-refractivity contribution in [1.29, 1.82) is 0 Å². The van der Waals surface area contributed by atoms with Gasteiger partial charge in [0.05, 0.1) is 11.3 Å². The number of aliphatic imine (C=N–C) groups is 1. The van der Waals surface area contributed by atoms with Gasteiger partial charge in [0.1, 0.15) is 12.0 Å². The molecule has 0 fully saturated rings. The van der Waals surface area contributed by atoms with Crippen LogP contribution in [0.3, 0.4) is 0 Å². The van der Waals surface area contributed by atoms with E-state index in [9.17, 15) is 4.79 Å². The molecule has 0 aromatic carbocycles. The summed E-state index contributed by atoms with van der Waals surface area (Å²) in [6, 6.07) is 0. The predicted octanol–water partition coefficient (Wildman–Crippen LogP) is -0.116. The Balaban J connectivity index is 5.03. The second kappa shape index (κ2) is 9.76. The van der Waals surface area contributed by atoms with E-state index in [0.29, 0.717) is 11.5 Å². The van der Waals surface area contributed by atoms with Crippen LogP contribution in [0, 0.1) is 0 Å². The highest BCUT2D eigenvalue weighted by Gasteiger charge is 2.07. The van der Waals surface area contributed by atoms with Gasteiger partial charge in [-0.15, -0.1) is 0 Å². The molecule has 0 heterocycles. The molecule has 0 aromatic rings. The molecule has 1 unspecified atom stereocenters. The second-order valence-electron chi connectivity index (χ2n) is 3.57. The fraction of sp³-hybridized carbons (Fsp3) is 0.364. The normalized spacial score (nSPS) is 15.2. The van der Waals surface area contributed by atoms with Crippen LogP contribution in [0.4, 0.5) is 0 Å². The lowest BCUT2D eigenvalue weighted by Crippen LogP contribution is -2.22. The zero-order valence-electron chi connectivity index (χ0n) is 11.5. The number of hydrogen-bond donors (Lipinski definition) is 3. The van der Waals surface area contributed by atoms with Crippen LogP contribution >= 0.6 is 0 Å². The molecule has 0 bridgehead atoms. The minimum atomic E-state index is -1.17. The Morgan fingerprint density at radius 2 is 2.20 bits per heavy atom. The van der Waals surface area contributed by atoms with Gasteiger partial charge in [-0.25, -0.2) is 4.79 Å². The number of hydrazone groups is 1. The van der Waals surface area contributed by atoms with Crippen molar-refractivity contribution < 1.29 is 19.7 Å². The number of ether oxygens (including phenoxy) is 1. The van der Waals surface area contributed by atoms with Gasteiger partial charge < -0.3 is 4.74 Å². The first-order valence-corrected chi connectivity index (χ1v) is 5.59. The minimum Gasteiger partial charge on any atom is -0.474 e. The van der Waals surface area contributed by atoms with Crippen molar-refractivity contribution in [2.75, 3.05) is 7.05 Å². The third kappa shape index (κ3) is 7.34. The molecule has 20 heavy (non-hydrogen) atoms. The van der Waals surface area contributed by atoms with E-state index in [1.54, 1.807) is 39.3 Å².